The second-order valence-corrected chi connectivity index (χ2v) is 6.62. The molecule has 1 fully saturated rings. The standard InChI is InChI=1S/C17H22N6O2/c1-12(2)9-21-6-7-23(13(3)16(21)24)17(25)14-4-5-18-15(8-14)22-10-19-20-11-22/h4-5,8,10-13H,6-7,9H2,1-3H3/t13-/m1/s1. The fraction of sp³-hybridized carbons (Fsp3) is 0.471. The van der Waals surface area contributed by atoms with Gasteiger partial charge >= 0.3 is 0 Å². The van der Waals surface area contributed by atoms with Crippen molar-refractivity contribution in [3.05, 3.63) is 36.5 Å². The molecule has 0 bridgehead atoms. The Morgan fingerprint density at radius 2 is 2.00 bits per heavy atom. The Balaban J connectivity index is 1.78. The Morgan fingerprint density at radius 1 is 1.28 bits per heavy atom. The highest BCUT2D eigenvalue weighted by Crippen LogP contribution is 2.17. The van der Waals surface area contributed by atoms with Gasteiger partial charge in [-0.25, -0.2) is 4.98 Å². The van der Waals surface area contributed by atoms with E-state index < -0.39 is 6.04 Å². The highest BCUT2D eigenvalue weighted by molar-refractivity contribution is 5.98. The Hall–Kier alpha value is -2.77. The van der Waals surface area contributed by atoms with E-state index in [0.29, 0.717) is 30.4 Å². The summed E-state index contributed by atoms with van der Waals surface area (Å²) in [6, 6.07) is 2.88. The Labute approximate surface area is 146 Å². The molecule has 3 rings (SSSR count). The van der Waals surface area contributed by atoms with Gasteiger partial charge in [0, 0.05) is 31.4 Å². The molecule has 1 aliphatic rings. The molecule has 25 heavy (non-hydrogen) atoms. The van der Waals surface area contributed by atoms with E-state index >= 15 is 0 Å². The quantitative estimate of drug-likeness (QED) is 0.827. The lowest BCUT2D eigenvalue weighted by Gasteiger charge is -2.39. The zero-order chi connectivity index (χ0) is 18.0. The fourth-order valence-corrected chi connectivity index (χ4v) is 3.01. The van der Waals surface area contributed by atoms with Gasteiger partial charge < -0.3 is 9.80 Å². The molecular formula is C17H22N6O2. The minimum absolute atomic E-state index is 0.00129. The lowest BCUT2D eigenvalue weighted by molar-refractivity contribution is -0.140. The second-order valence-electron chi connectivity index (χ2n) is 6.62. The Bertz CT molecular complexity index is 758. The number of nitrogens with zero attached hydrogens (tertiary/aromatic N) is 6. The molecule has 0 saturated carbocycles. The molecule has 8 heteroatoms. The van der Waals surface area contributed by atoms with Crippen LogP contribution in [0, 0.1) is 5.92 Å². The predicted octanol–water partition coefficient (Wildman–Crippen LogP) is 0.991. The summed E-state index contributed by atoms with van der Waals surface area (Å²) < 4.78 is 1.63. The van der Waals surface area contributed by atoms with Gasteiger partial charge in [0.05, 0.1) is 0 Å². The molecule has 132 valence electrons. The summed E-state index contributed by atoms with van der Waals surface area (Å²) >= 11 is 0. The predicted molar refractivity (Wildman–Crippen MR) is 91.1 cm³/mol. The topological polar surface area (TPSA) is 84.2 Å². The summed E-state index contributed by atoms with van der Waals surface area (Å²) in [5.41, 5.74) is 0.496. The third-order valence-electron chi connectivity index (χ3n) is 4.27. The van der Waals surface area contributed by atoms with Gasteiger partial charge in [0.1, 0.15) is 24.5 Å². The van der Waals surface area contributed by atoms with Crippen molar-refractivity contribution in [2.24, 2.45) is 5.92 Å². The normalized spacial score (nSPS) is 18.1. The molecule has 8 nitrogen and oxygen atoms in total. The van der Waals surface area contributed by atoms with Crippen molar-refractivity contribution >= 4 is 11.8 Å². The average Bonchev–Trinajstić information content (AvgIpc) is 3.13. The Morgan fingerprint density at radius 3 is 2.68 bits per heavy atom. The minimum Gasteiger partial charge on any atom is -0.339 e. The number of aromatic nitrogens is 4. The third-order valence-corrected chi connectivity index (χ3v) is 4.27. The third kappa shape index (κ3) is 3.52. The smallest absolute Gasteiger partial charge is 0.254 e. The van der Waals surface area contributed by atoms with Crippen molar-refractivity contribution in [1.29, 1.82) is 0 Å². The van der Waals surface area contributed by atoms with Crippen LogP contribution < -0.4 is 0 Å². The van der Waals surface area contributed by atoms with Gasteiger partial charge in [0.2, 0.25) is 5.91 Å². The molecule has 2 amide bonds. The van der Waals surface area contributed by atoms with E-state index in [9.17, 15) is 9.59 Å². The zero-order valence-corrected chi connectivity index (χ0v) is 14.7. The van der Waals surface area contributed by atoms with Gasteiger partial charge in [-0.2, -0.15) is 0 Å². The van der Waals surface area contributed by atoms with Gasteiger partial charge in [-0.3, -0.25) is 14.2 Å². The number of pyridine rings is 1. The number of carbonyl (C=O) groups is 2. The number of hydrogen-bond donors (Lipinski definition) is 0. The molecule has 2 aromatic rings. The van der Waals surface area contributed by atoms with Crippen LogP contribution in [0.25, 0.3) is 5.82 Å². The number of amides is 2. The highest BCUT2D eigenvalue weighted by Gasteiger charge is 2.34. The van der Waals surface area contributed by atoms with E-state index in [4.69, 9.17) is 0 Å². The van der Waals surface area contributed by atoms with Gasteiger partial charge in [0.15, 0.2) is 0 Å². The molecule has 0 N–H and O–H groups in total. The van der Waals surface area contributed by atoms with Gasteiger partial charge in [0.25, 0.3) is 5.91 Å². The summed E-state index contributed by atoms with van der Waals surface area (Å²) in [5, 5.41) is 7.49. The maximum absolute atomic E-state index is 12.9. The van der Waals surface area contributed by atoms with E-state index in [1.54, 1.807) is 34.7 Å². The van der Waals surface area contributed by atoms with Crippen molar-refractivity contribution in [3.63, 3.8) is 0 Å². The van der Waals surface area contributed by atoms with Crippen molar-refractivity contribution < 1.29 is 9.59 Å². The molecular weight excluding hydrogens is 320 g/mol. The van der Waals surface area contributed by atoms with E-state index in [2.05, 4.69) is 29.0 Å². The maximum atomic E-state index is 12.9. The lowest BCUT2D eigenvalue weighted by atomic mass is 10.1. The number of piperazine rings is 1. The van der Waals surface area contributed by atoms with Gasteiger partial charge in [-0.15, -0.1) is 10.2 Å². The average molecular weight is 342 g/mol. The maximum Gasteiger partial charge on any atom is 0.254 e. The lowest BCUT2D eigenvalue weighted by Crippen LogP contribution is -2.58. The molecule has 1 aliphatic heterocycles. The zero-order valence-electron chi connectivity index (χ0n) is 14.7. The fourth-order valence-electron chi connectivity index (χ4n) is 3.01. The van der Waals surface area contributed by atoms with Crippen molar-refractivity contribution in [3.8, 4) is 5.82 Å². The summed E-state index contributed by atoms with van der Waals surface area (Å²) in [5.74, 6) is 0.807. The summed E-state index contributed by atoms with van der Waals surface area (Å²) in [6.45, 7) is 7.77. The van der Waals surface area contributed by atoms with Crippen LogP contribution in [-0.2, 0) is 4.79 Å². The molecule has 1 atom stereocenters. The first-order valence-electron chi connectivity index (χ1n) is 8.38. The van der Waals surface area contributed by atoms with Crippen LogP contribution in [0.2, 0.25) is 0 Å². The molecule has 2 aromatic heterocycles. The molecule has 0 aromatic carbocycles. The number of carbonyl (C=O) groups excluding carboxylic acids is 2. The molecule has 0 unspecified atom stereocenters. The first kappa shape index (κ1) is 17.1. The molecule has 1 saturated heterocycles. The highest BCUT2D eigenvalue weighted by atomic mass is 16.2. The van der Waals surface area contributed by atoms with Gasteiger partial charge in [-0.05, 0) is 25.0 Å². The van der Waals surface area contributed by atoms with E-state index in [1.807, 2.05) is 4.90 Å². The Kier molecular flexibility index (Phi) is 4.78. The van der Waals surface area contributed by atoms with Crippen LogP contribution in [0.3, 0.4) is 0 Å². The first-order chi connectivity index (χ1) is 12.0. The second kappa shape index (κ2) is 7.00. The molecule has 0 radical (unpaired) electrons. The van der Waals surface area contributed by atoms with Crippen LogP contribution in [0.5, 0.6) is 0 Å². The molecule has 0 spiro atoms. The van der Waals surface area contributed by atoms with E-state index in [-0.39, 0.29) is 11.8 Å². The van der Waals surface area contributed by atoms with Gasteiger partial charge in [-0.1, -0.05) is 13.8 Å². The van der Waals surface area contributed by atoms with Crippen LogP contribution in [0.15, 0.2) is 31.0 Å². The van der Waals surface area contributed by atoms with Crippen molar-refractivity contribution in [1.82, 2.24) is 29.5 Å². The number of rotatable bonds is 4. The monoisotopic (exact) mass is 342 g/mol. The first-order valence-corrected chi connectivity index (χ1v) is 8.38. The molecule has 3 heterocycles. The largest absolute Gasteiger partial charge is 0.339 e. The van der Waals surface area contributed by atoms with Crippen LogP contribution in [0.4, 0.5) is 0 Å². The van der Waals surface area contributed by atoms with Crippen molar-refractivity contribution in [2.45, 2.75) is 26.8 Å². The summed E-state index contributed by atoms with van der Waals surface area (Å²) in [7, 11) is 0. The number of hydrogen-bond acceptors (Lipinski definition) is 5. The molecule has 0 aliphatic carbocycles. The summed E-state index contributed by atoms with van der Waals surface area (Å²) in [6.07, 6.45) is 4.62. The van der Waals surface area contributed by atoms with E-state index in [0.717, 1.165) is 6.54 Å². The van der Waals surface area contributed by atoms with Crippen LogP contribution in [-0.4, -0.2) is 67.0 Å². The van der Waals surface area contributed by atoms with Crippen LogP contribution >= 0.6 is 0 Å². The van der Waals surface area contributed by atoms with Crippen LogP contribution in [0.1, 0.15) is 31.1 Å². The van der Waals surface area contributed by atoms with E-state index in [1.165, 1.54) is 12.7 Å². The van der Waals surface area contributed by atoms with Crippen molar-refractivity contribution in [2.75, 3.05) is 19.6 Å². The SMILES string of the molecule is CC(C)CN1CCN(C(=O)c2ccnc(-n3cnnc3)c2)[C@H](C)C1=O. The minimum atomic E-state index is -0.466. The summed E-state index contributed by atoms with van der Waals surface area (Å²) in [4.78, 5) is 33.1.